The lowest BCUT2D eigenvalue weighted by Gasteiger charge is -2.10. The van der Waals surface area contributed by atoms with Crippen molar-refractivity contribution >= 4 is 20.8 Å². The first kappa shape index (κ1) is 16.5. The van der Waals surface area contributed by atoms with Gasteiger partial charge in [0.25, 0.3) is 0 Å². The molecule has 2 aromatic carbocycles. The highest BCUT2D eigenvalue weighted by Crippen LogP contribution is 2.23. The van der Waals surface area contributed by atoms with E-state index >= 15 is 0 Å². The summed E-state index contributed by atoms with van der Waals surface area (Å²) in [5.41, 5.74) is 1.56. The molecular weight excluding hydrogens is 348 g/mol. The average Bonchev–Trinajstić information content (AvgIpc) is 3.21. The van der Waals surface area contributed by atoms with Gasteiger partial charge in [-0.15, -0.1) is 0 Å². The van der Waals surface area contributed by atoms with Gasteiger partial charge in [0.15, 0.2) is 0 Å². The van der Waals surface area contributed by atoms with Crippen LogP contribution in [0.15, 0.2) is 88.6 Å². The molecule has 1 N–H and O–H groups in total. The Bertz CT molecular complexity index is 1150. The van der Waals surface area contributed by atoms with Crippen molar-refractivity contribution in [2.45, 2.75) is 11.4 Å². The van der Waals surface area contributed by atoms with E-state index in [1.807, 2.05) is 42.5 Å². The van der Waals surface area contributed by atoms with Gasteiger partial charge in [-0.1, -0.05) is 36.4 Å². The molecule has 0 aliphatic rings. The molecule has 0 bridgehead atoms. The Hall–Kier alpha value is -2.96. The van der Waals surface area contributed by atoms with E-state index in [-0.39, 0.29) is 11.4 Å². The SMILES string of the molecule is O=S(=O)(NCc1cncc(-c2ccco2)c1)c1cccc2ccccc12. The highest BCUT2D eigenvalue weighted by atomic mass is 32.2. The van der Waals surface area contributed by atoms with Gasteiger partial charge >= 0.3 is 0 Å². The fourth-order valence-electron chi connectivity index (χ4n) is 2.85. The lowest BCUT2D eigenvalue weighted by molar-refractivity contribution is 0.581. The Morgan fingerprint density at radius 1 is 0.962 bits per heavy atom. The Morgan fingerprint density at radius 2 is 1.81 bits per heavy atom. The second kappa shape index (κ2) is 6.74. The van der Waals surface area contributed by atoms with Crippen molar-refractivity contribution in [3.63, 3.8) is 0 Å². The van der Waals surface area contributed by atoms with Crippen LogP contribution in [-0.2, 0) is 16.6 Å². The molecule has 0 amide bonds. The number of rotatable bonds is 5. The second-order valence-corrected chi connectivity index (χ2v) is 7.60. The molecule has 0 aliphatic heterocycles. The number of nitrogens with zero attached hydrogens (tertiary/aromatic N) is 1. The second-order valence-electron chi connectivity index (χ2n) is 5.86. The van der Waals surface area contributed by atoms with E-state index in [2.05, 4.69) is 9.71 Å². The van der Waals surface area contributed by atoms with Gasteiger partial charge in [-0.3, -0.25) is 4.98 Å². The number of fused-ring (bicyclic) bond motifs is 1. The predicted octanol–water partition coefficient (Wildman–Crippen LogP) is 3.97. The number of sulfonamides is 1. The third kappa shape index (κ3) is 3.24. The van der Waals surface area contributed by atoms with Crippen LogP contribution in [0.3, 0.4) is 0 Å². The van der Waals surface area contributed by atoms with E-state index in [1.54, 1.807) is 36.9 Å². The summed E-state index contributed by atoms with van der Waals surface area (Å²) in [4.78, 5) is 4.44. The number of nitrogens with one attached hydrogen (secondary N) is 1. The van der Waals surface area contributed by atoms with Crippen molar-refractivity contribution < 1.29 is 12.8 Å². The van der Waals surface area contributed by atoms with Gasteiger partial charge in [0.2, 0.25) is 10.0 Å². The van der Waals surface area contributed by atoms with Crippen molar-refractivity contribution in [1.82, 2.24) is 9.71 Å². The highest BCUT2D eigenvalue weighted by molar-refractivity contribution is 7.89. The van der Waals surface area contributed by atoms with Gasteiger partial charge in [0.1, 0.15) is 5.76 Å². The van der Waals surface area contributed by atoms with Gasteiger partial charge < -0.3 is 4.42 Å². The van der Waals surface area contributed by atoms with E-state index in [9.17, 15) is 8.42 Å². The van der Waals surface area contributed by atoms with Crippen molar-refractivity contribution in [2.24, 2.45) is 0 Å². The number of benzene rings is 2. The zero-order chi connectivity index (χ0) is 18.0. The van der Waals surface area contributed by atoms with Crippen LogP contribution >= 0.6 is 0 Å². The van der Waals surface area contributed by atoms with Crippen LogP contribution in [-0.4, -0.2) is 13.4 Å². The molecule has 26 heavy (non-hydrogen) atoms. The van der Waals surface area contributed by atoms with Gasteiger partial charge in [0, 0.05) is 29.9 Å². The van der Waals surface area contributed by atoms with Crippen LogP contribution < -0.4 is 4.72 Å². The summed E-state index contributed by atoms with van der Waals surface area (Å²) < 4.78 is 33.6. The van der Waals surface area contributed by atoms with E-state index in [0.717, 1.165) is 16.5 Å². The van der Waals surface area contributed by atoms with Gasteiger partial charge in [-0.25, -0.2) is 13.1 Å². The molecule has 4 aromatic rings. The fourth-order valence-corrected chi connectivity index (χ4v) is 4.09. The standard InChI is InChI=1S/C20H16N2O3S/c23-26(24,20-9-3-6-16-5-1-2-7-18(16)20)22-13-15-11-17(14-21-12-15)19-8-4-10-25-19/h1-12,14,22H,13H2. The smallest absolute Gasteiger partial charge is 0.241 e. The Morgan fingerprint density at radius 3 is 2.65 bits per heavy atom. The van der Waals surface area contributed by atoms with E-state index in [4.69, 9.17) is 4.42 Å². The van der Waals surface area contributed by atoms with Crippen LogP contribution in [0.4, 0.5) is 0 Å². The van der Waals surface area contributed by atoms with Gasteiger partial charge in [-0.05, 0) is 35.2 Å². The van der Waals surface area contributed by atoms with Gasteiger partial charge in [-0.2, -0.15) is 0 Å². The molecule has 0 spiro atoms. The first-order chi connectivity index (χ1) is 12.6. The van der Waals surface area contributed by atoms with Gasteiger partial charge in [0.05, 0.1) is 11.2 Å². The Kier molecular flexibility index (Phi) is 4.28. The molecular formula is C20H16N2O3S. The van der Waals surface area contributed by atoms with Crippen molar-refractivity contribution in [3.05, 3.63) is 84.9 Å². The number of hydrogen-bond acceptors (Lipinski definition) is 4. The molecule has 130 valence electrons. The summed E-state index contributed by atoms with van der Waals surface area (Å²) in [7, 11) is -3.65. The first-order valence-electron chi connectivity index (χ1n) is 8.09. The minimum atomic E-state index is -3.65. The van der Waals surface area contributed by atoms with Crippen LogP contribution in [0.25, 0.3) is 22.1 Å². The van der Waals surface area contributed by atoms with E-state index < -0.39 is 10.0 Å². The maximum atomic E-state index is 12.8. The minimum Gasteiger partial charge on any atom is -0.464 e. The lowest BCUT2D eigenvalue weighted by Crippen LogP contribution is -2.23. The minimum absolute atomic E-state index is 0.146. The third-order valence-corrected chi connectivity index (χ3v) is 5.57. The molecule has 2 aromatic heterocycles. The molecule has 0 saturated carbocycles. The lowest BCUT2D eigenvalue weighted by atomic mass is 10.1. The molecule has 0 fully saturated rings. The van der Waals surface area contributed by atoms with Crippen LogP contribution in [0.2, 0.25) is 0 Å². The summed E-state index contributed by atoms with van der Waals surface area (Å²) in [6.07, 6.45) is 4.91. The summed E-state index contributed by atoms with van der Waals surface area (Å²) >= 11 is 0. The molecule has 0 aliphatic carbocycles. The summed E-state index contributed by atoms with van der Waals surface area (Å²) in [5.74, 6) is 0.691. The summed E-state index contributed by atoms with van der Waals surface area (Å²) in [6, 6.07) is 18.2. The molecule has 0 atom stereocenters. The third-order valence-electron chi connectivity index (χ3n) is 4.11. The van der Waals surface area contributed by atoms with Crippen molar-refractivity contribution in [3.8, 4) is 11.3 Å². The van der Waals surface area contributed by atoms with E-state index in [0.29, 0.717) is 11.1 Å². The molecule has 0 saturated heterocycles. The molecule has 0 radical (unpaired) electrons. The predicted molar refractivity (Wildman–Crippen MR) is 99.9 cm³/mol. The number of hydrogen-bond donors (Lipinski definition) is 1. The van der Waals surface area contributed by atoms with Crippen LogP contribution in [0, 0.1) is 0 Å². The highest BCUT2D eigenvalue weighted by Gasteiger charge is 2.17. The normalized spacial score (nSPS) is 11.7. The van der Waals surface area contributed by atoms with Crippen LogP contribution in [0.5, 0.6) is 0 Å². The number of furan rings is 1. The zero-order valence-corrected chi connectivity index (χ0v) is 14.6. The number of pyridine rings is 1. The van der Waals surface area contributed by atoms with Crippen molar-refractivity contribution in [1.29, 1.82) is 0 Å². The molecule has 2 heterocycles. The quantitative estimate of drug-likeness (QED) is 0.581. The Labute approximate surface area is 151 Å². The summed E-state index contributed by atoms with van der Waals surface area (Å²) in [6.45, 7) is 0.146. The maximum Gasteiger partial charge on any atom is 0.241 e. The monoisotopic (exact) mass is 364 g/mol. The zero-order valence-electron chi connectivity index (χ0n) is 13.8. The Balaban J connectivity index is 1.60. The average molecular weight is 364 g/mol. The molecule has 5 nitrogen and oxygen atoms in total. The fraction of sp³-hybridized carbons (Fsp3) is 0.0500. The van der Waals surface area contributed by atoms with Crippen LogP contribution in [0.1, 0.15) is 5.56 Å². The van der Waals surface area contributed by atoms with E-state index in [1.165, 1.54) is 0 Å². The molecule has 6 heteroatoms. The molecule has 0 unspecified atom stereocenters. The molecule has 4 rings (SSSR count). The van der Waals surface area contributed by atoms with Crippen molar-refractivity contribution in [2.75, 3.05) is 0 Å². The first-order valence-corrected chi connectivity index (χ1v) is 9.57. The largest absolute Gasteiger partial charge is 0.464 e. The number of aromatic nitrogens is 1. The summed E-state index contributed by atoms with van der Waals surface area (Å²) in [5, 5.41) is 1.59. The topological polar surface area (TPSA) is 72.2 Å². The maximum absolute atomic E-state index is 12.8.